The fourth-order valence-corrected chi connectivity index (χ4v) is 2.88. The number of nitro benzene ring substituents is 1. The van der Waals surface area contributed by atoms with Gasteiger partial charge >= 0.3 is 5.69 Å². The lowest BCUT2D eigenvalue weighted by Crippen LogP contribution is -2.23. The van der Waals surface area contributed by atoms with Gasteiger partial charge in [0.15, 0.2) is 5.75 Å². The largest absolute Gasteiger partial charge is 0.490 e. The number of rotatable bonds is 5. The van der Waals surface area contributed by atoms with Gasteiger partial charge in [0.2, 0.25) is 0 Å². The first kappa shape index (κ1) is 20.1. The Hall–Kier alpha value is -3.65. The number of hydrogen-bond acceptors (Lipinski definition) is 5. The van der Waals surface area contributed by atoms with Crippen molar-refractivity contribution in [2.45, 2.75) is 6.92 Å². The number of nitro groups is 1. The van der Waals surface area contributed by atoms with Gasteiger partial charge < -0.3 is 15.0 Å². The number of aromatic nitrogens is 1. The van der Waals surface area contributed by atoms with E-state index in [9.17, 15) is 19.7 Å². The first-order chi connectivity index (χ1) is 13.8. The van der Waals surface area contributed by atoms with E-state index >= 15 is 0 Å². The first-order valence-electron chi connectivity index (χ1n) is 8.44. The lowest BCUT2D eigenvalue weighted by molar-refractivity contribution is -0.385. The molecule has 2 aromatic carbocycles. The van der Waals surface area contributed by atoms with Gasteiger partial charge in [0.1, 0.15) is 5.56 Å². The number of benzene rings is 2. The van der Waals surface area contributed by atoms with E-state index < -0.39 is 16.4 Å². The van der Waals surface area contributed by atoms with Gasteiger partial charge in [-0.15, -0.1) is 0 Å². The molecule has 1 heterocycles. The highest BCUT2D eigenvalue weighted by atomic mass is 35.5. The Labute approximate surface area is 170 Å². The van der Waals surface area contributed by atoms with Gasteiger partial charge in [0, 0.05) is 28.5 Å². The highest BCUT2D eigenvalue weighted by Crippen LogP contribution is 2.32. The average molecular weight is 414 g/mol. The van der Waals surface area contributed by atoms with Crippen LogP contribution in [-0.2, 0) is 0 Å². The number of hydrogen-bond donors (Lipinski definition) is 2. The quantitative estimate of drug-likeness (QED) is 0.481. The maximum Gasteiger partial charge on any atom is 0.311 e. The van der Waals surface area contributed by atoms with Crippen LogP contribution in [0.4, 0.5) is 11.4 Å². The molecule has 29 heavy (non-hydrogen) atoms. The molecule has 0 atom stereocenters. The van der Waals surface area contributed by atoms with E-state index in [0.29, 0.717) is 22.0 Å². The summed E-state index contributed by atoms with van der Waals surface area (Å²) in [5.74, 6) is -0.643. The molecule has 0 unspecified atom stereocenters. The smallest absolute Gasteiger partial charge is 0.311 e. The van der Waals surface area contributed by atoms with Crippen molar-refractivity contribution >= 4 is 28.9 Å². The highest BCUT2D eigenvalue weighted by molar-refractivity contribution is 6.30. The summed E-state index contributed by atoms with van der Waals surface area (Å²) in [6.07, 6.45) is 0. The average Bonchev–Trinajstić information content (AvgIpc) is 2.69. The molecule has 0 spiro atoms. The highest BCUT2D eigenvalue weighted by Gasteiger charge is 2.19. The molecule has 8 nitrogen and oxygen atoms in total. The molecule has 0 fully saturated rings. The third-order valence-electron chi connectivity index (χ3n) is 4.28. The van der Waals surface area contributed by atoms with E-state index in [-0.39, 0.29) is 17.0 Å². The van der Waals surface area contributed by atoms with Crippen LogP contribution < -0.4 is 15.6 Å². The lowest BCUT2D eigenvalue weighted by atomic mass is 10.1. The van der Waals surface area contributed by atoms with Crippen molar-refractivity contribution < 1.29 is 14.5 Å². The van der Waals surface area contributed by atoms with Gasteiger partial charge in [-0.1, -0.05) is 23.7 Å². The normalized spacial score (nSPS) is 10.4. The third kappa shape index (κ3) is 4.27. The number of carbonyl (C=O) groups is 1. The number of methoxy groups -OCH3 is 1. The Bertz CT molecular complexity index is 1160. The second-order valence-electron chi connectivity index (χ2n) is 6.17. The summed E-state index contributed by atoms with van der Waals surface area (Å²) in [4.78, 5) is 38.2. The standard InChI is InChI=1S/C20H16ClN3O5/c1-11-9-17(24(27)28)18(29-2)10-16(11)23-20(26)14-7-8-15(22-19(14)25)12-3-5-13(21)6-4-12/h3-10H,1-2H3,(H,22,25)(H,23,26). The van der Waals surface area contributed by atoms with Crippen LogP contribution in [0.15, 0.2) is 53.3 Å². The molecule has 2 N–H and O–H groups in total. The summed E-state index contributed by atoms with van der Waals surface area (Å²) in [5.41, 5.74) is 1.17. The molecule has 1 aromatic heterocycles. The second-order valence-corrected chi connectivity index (χ2v) is 6.61. The minimum atomic E-state index is -0.645. The SMILES string of the molecule is COc1cc(NC(=O)c2ccc(-c3ccc(Cl)cc3)[nH]c2=O)c(C)cc1[N+](=O)[O-]. The molecule has 148 valence electrons. The Kier molecular flexibility index (Phi) is 5.65. The fourth-order valence-electron chi connectivity index (χ4n) is 2.75. The number of pyridine rings is 1. The molecule has 0 aliphatic rings. The van der Waals surface area contributed by atoms with Gasteiger partial charge in [-0.05, 0) is 42.3 Å². The third-order valence-corrected chi connectivity index (χ3v) is 4.53. The molecule has 0 aliphatic carbocycles. The Morgan fingerprint density at radius 2 is 1.86 bits per heavy atom. The van der Waals surface area contributed by atoms with Gasteiger partial charge in [0.05, 0.1) is 12.0 Å². The van der Waals surface area contributed by atoms with Crippen LogP contribution in [0.5, 0.6) is 5.75 Å². The van der Waals surface area contributed by atoms with Crippen LogP contribution in [0, 0.1) is 17.0 Å². The summed E-state index contributed by atoms with van der Waals surface area (Å²) >= 11 is 5.86. The van der Waals surface area contributed by atoms with Crippen LogP contribution in [0.3, 0.4) is 0 Å². The number of carbonyl (C=O) groups excluding carboxylic acids is 1. The van der Waals surface area contributed by atoms with Crippen LogP contribution in [0.1, 0.15) is 15.9 Å². The van der Waals surface area contributed by atoms with Gasteiger partial charge in [-0.3, -0.25) is 19.7 Å². The van der Waals surface area contributed by atoms with E-state index in [1.165, 1.54) is 25.3 Å². The monoisotopic (exact) mass is 413 g/mol. The van der Waals surface area contributed by atoms with Gasteiger partial charge in [-0.2, -0.15) is 0 Å². The molecule has 0 saturated heterocycles. The molecular formula is C20H16ClN3O5. The maximum atomic E-state index is 12.6. The number of amides is 1. The van der Waals surface area contributed by atoms with Crippen LogP contribution in [-0.4, -0.2) is 22.9 Å². The zero-order valence-electron chi connectivity index (χ0n) is 15.5. The molecule has 0 bridgehead atoms. The number of aromatic amines is 1. The van der Waals surface area contributed by atoms with Crippen LogP contribution in [0.2, 0.25) is 5.02 Å². The molecule has 9 heteroatoms. The number of H-pyrrole nitrogens is 1. The van der Waals surface area contributed by atoms with Gasteiger partial charge in [-0.25, -0.2) is 0 Å². The van der Waals surface area contributed by atoms with Crippen molar-refractivity contribution in [2.24, 2.45) is 0 Å². The minimum Gasteiger partial charge on any atom is -0.490 e. The second kappa shape index (κ2) is 8.15. The number of ether oxygens (including phenoxy) is 1. The van der Waals surface area contributed by atoms with Crippen molar-refractivity contribution in [3.05, 3.63) is 85.1 Å². The molecule has 0 saturated carbocycles. The fraction of sp³-hybridized carbons (Fsp3) is 0.100. The summed E-state index contributed by atoms with van der Waals surface area (Å²) in [6, 6.07) is 12.6. The zero-order valence-corrected chi connectivity index (χ0v) is 16.2. The number of aryl methyl sites for hydroxylation is 1. The van der Waals surface area contributed by atoms with E-state index in [1.807, 2.05) is 0 Å². The van der Waals surface area contributed by atoms with Crippen molar-refractivity contribution in [2.75, 3.05) is 12.4 Å². The first-order valence-corrected chi connectivity index (χ1v) is 8.81. The summed E-state index contributed by atoms with van der Waals surface area (Å²) in [7, 11) is 1.30. The molecule has 0 radical (unpaired) electrons. The predicted molar refractivity (Wildman–Crippen MR) is 110 cm³/mol. The van der Waals surface area contributed by atoms with Crippen LogP contribution >= 0.6 is 11.6 Å². The van der Waals surface area contributed by atoms with Crippen molar-refractivity contribution in [1.82, 2.24) is 4.98 Å². The Balaban J connectivity index is 1.89. The van der Waals surface area contributed by atoms with Crippen molar-refractivity contribution in [3.8, 4) is 17.0 Å². The minimum absolute atomic E-state index is 0.00268. The van der Waals surface area contributed by atoms with Crippen LogP contribution in [0.25, 0.3) is 11.3 Å². The molecule has 3 aromatic rings. The molecular weight excluding hydrogens is 398 g/mol. The number of nitrogens with one attached hydrogen (secondary N) is 2. The van der Waals surface area contributed by atoms with E-state index in [0.717, 1.165) is 5.56 Å². The summed E-state index contributed by atoms with van der Waals surface area (Å²) in [5, 5.41) is 14.3. The zero-order chi connectivity index (χ0) is 21.1. The lowest BCUT2D eigenvalue weighted by Gasteiger charge is -2.11. The van der Waals surface area contributed by atoms with E-state index in [4.69, 9.17) is 16.3 Å². The molecule has 0 aliphatic heterocycles. The summed E-state index contributed by atoms with van der Waals surface area (Å²) in [6.45, 7) is 1.61. The maximum absolute atomic E-state index is 12.6. The van der Waals surface area contributed by atoms with E-state index in [1.54, 1.807) is 37.3 Å². The predicted octanol–water partition coefficient (Wildman–Crippen LogP) is 4.17. The molecule has 3 rings (SSSR count). The molecule has 1 amide bonds. The Morgan fingerprint density at radius 1 is 1.17 bits per heavy atom. The topological polar surface area (TPSA) is 114 Å². The van der Waals surface area contributed by atoms with Gasteiger partial charge in [0.25, 0.3) is 11.5 Å². The number of nitrogens with zero attached hydrogens (tertiary/aromatic N) is 1. The van der Waals surface area contributed by atoms with E-state index in [2.05, 4.69) is 10.3 Å². The number of halogens is 1. The van der Waals surface area contributed by atoms with Crippen molar-refractivity contribution in [3.63, 3.8) is 0 Å². The summed E-state index contributed by atoms with van der Waals surface area (Å²) < 4.78 is 5.02. The van der Waals surface area contributed by atoms with Crippen molar-refractivity contribution in [1.29, 1.82) is 0 Å². The number of anilines is 1. The Morgan fingerprint density at radius 3 is 2.45 bits per heavy atom.